The van der Waals surface area contributed by atoms with Gasteiger partial charge in [0.05, 0.1) is 5.56 Å². The van der Waals surface area contributed by atoms with Gasteiger partial charge >= 0.3 is 0 Å². The number of benzene rings is 2. The number of fused-ring (bicyclic) bond motifs is 2. The summed E-state index contributed by atoms with van der Waals surface area (Å²) in [6.45, 7) is 2.20. The Balaban J connectivity index is 1.80. The van der Waals surface area contributed by atoms with Crippen molar-refractivity contribution in [2.24, 2.45) is 7.05 Å². The molecule has 0 saturated heterocycles. The van der Waals surface area contributed by atoms with Gasteiger partial charge in [0.25, 0.3) is 5.69 Å². The average Bonchev–Trinajstić information content (AvgIpc) is 3.11. The molecule has 5 rings (SSSR count). The van der Waals surface area contributed by atoms with Crippen LogP contribution in [0.3, 0.4) is 0 Å². The SMILES string of the molecule is Cc1ccc2cccc3c2c1-c1c(cc(C2CCCC2)c[n+]1C)O3. The molecular formula is C22H22NO+. The van der Waals surface area contributed by atoms with E-state index in [1.807, 2.05) is 0 Å². The molecule has 0 N–H and O–H groups in total. The molecular weight excluding hydrogens is 294 g/mol. The number of ether oxygens (including phenoxy) is 1. The van der Waals surface area contributed by atoms with Crippen LogP contribution in [0.15, 0.2) is 42.6 Å². The van der Waals surface area contributed by atoms with Crippen LogP contribution >= 0.6 is 0 Å². The van der Waals surface area contributed by atoms with Gasteiger partial charge in [0, 0.05) is 10.9 Å². The summed E-state index contributed by atoms with van der Waals surface area (Å²) in [5.74, 6) is 2.69. The third-order valence-electron chi connectivity index (χ3n) is 5.73. The molecule has 24 heavy (non-hydrogen) atoms. The molecule has 0 bridgehead atoms. The second-order valence-electron chi connectivity index (χ2n) is 7.29. The first-order valence-corrected chi connectivity index (χ1v) is 8.96. The van der Waals surface area contributed by atoms with E-state index in [4.69, 9.17) is 4.74 Å². The molecule has 2 nitrogen and oxygen atoms in total. The average molecular weight is 316 g/mol. The van der Waals surface area contributed by atoms with Crippen molar-refractivity contribution in [2.45, 2.75) is 38.5 Å². The van der Waals surface area contributed by atoms with Gasteiger partial charge in [0.15, 0.2) is 11.9 Å². The van der Waals surface area contributed by atoms with Crippen molar-refractivity contribution in [3.8, 4) is 22.8 Å². The first kappa shape index (κ1) is 14.0. The minimum atomic E-state index is 0.694. The number of rotatable bonds is 1. The Labute approximate surface area is 142 Å². The fourth-order valence-electron chi connectivity index (χ4n) is 4.54. The van der Waals surface area contributed by atoms with E-state index in [2.05, 4.69) is 61.1 Å². The summed E-state index contributed by atoms with van der Waals surface area (Å²) in [6, 6.07) is 13.1. The van der Waals surface area contributed by atoms with Crippen molar-refractivity contribution < 1.29 is 9.30 Å². The third-order valence-corrected chi connectivity index (χ3v) is 5.73. The van der Waals surface area contributed by atoms with Crippen molar-refractivity contribution in [2.75, 3.05) is 0 Å². The van der Waals surface area contributed by atoms with E-state index in [0.717, 1.165) is 11.5 Å². The maximum absolute atomic E-state index is 6.36. The molecule has 1 aliphatic carbocycles. The number of nitrogens with zero attached hydrogens (tertiary/aromatic N) is 1. The van der Waals surface area contributed by atoms with Gasteiger partial charge in [0.2, 0.25) is 0 Å². The number of hydrogen-bond donors (Lipinski definition) is 0. The maximum atomic E-state index is 6.36. The second kappa shape index (κ2) is 5.07. The summed E-state index contributed by atoms with van der Waals surface area (Å²) in [5.41, 5.74) is 5.27. The topological polar surface area (TPSA) is 13.1 Å². The zero-order valence-corrected chi connectivity index (χ0v) is 14.3. The van der Waals surface area contributed by atoms with Crippen LogP contribution < -0.4 is 9.30 Å². The van der Waals surface area contributed by atoms with Crippen LogP contribution in [-0.4, -0.2) is 0 Å². The summed E-state index contributed by atoms with van der Waals surface area (Å²) in [6.07, 6.45) is 7.65. The highest BCUT2D eigenvalue weighted by atomic mass is 16.5. The van der Waals surface area contributed by atoms with Gasteiger partial charge in [-0.3, -0.25) is 0 Å². The summed E-state index contributed by atoms with van der Waals surface area (Å²) >= 11 is 0. The summed E-state index contributed by atoms with van der Waals surface area (Å²) in [5, 5.41) is 2.49. The highest BCUT2D eigenvalue weighted by molar-refractivity contribution is 6.03. The number of aromatic nitrogens is 1. The number of aryl methyl sites for hydroxylation is 2. The Morgan fingerprint density at radius 3 is 2.71 bits per heavy atom. The quantitative estimate of drug-likeness (QED) is 0.428. The van der Waals surface area contributed by atoms with E-state index in [9.17, 15) is 0 Å². The zero-order valence-electron chi connectivity index (χ0n) is 14.3. The number of pyridine rings is 1. The molecule has 0 radical (unpaired) electrons. The molecule has 2 aliphatic rings. The maximum Gasteiger partial charge on any atom is 0.256 e. The van der Waals surface area contributed by atoms with Gasteiger partial charge in [-0.1, -0.05) is 37.1 Å². The Morgan fingerprint density at radius 2 is 1.88 bits per heavy atom. The highest BCUT2D eigenvalue weighted by Crippen LogP contribution is 2.47. The summed E-state index contributed by atoms with van der Waals surface area (Å²) < 4.78 is 8.64. The smallest absolute Gasteiger partial charge is 0.256 e. The van der Waals surface area contributed by atoms with E-state index in [0.29, 0.717) is 5.92 Å². The van der Waals surface area contributed by atoms with Gasteiger partial charge in [-0.25, -0.2) is 0 Å². The van der Waals surface area contributed by atoms with Crippen molar-refractivity contribution in [1.82, 2.24) is 0 Å². The molecule has 0 spiro atoms. The number of hydrogen-bond acceptors (Lipinski definition) is 1. The lowest BCUT2D eigenvalue weighted by molar-refractivity contribution is -0.661. The molecule has 120 valence electrons. The first-order valence-electron chi connectivity index (χ1n) is 8.96. The van der Waals surface area contributed by atoms with Gasteiger partial charge in [-0.2, -0.15) is 4.57 Å². The lowest BCUT2D eigenvalue weighted by Gasteiger charge is -2.21. The summed E-state index contributed by atoms with van der Waals surface area (Å²) in [7, 11) is 2.16. The fraction of sp³-hybridized carbons (Fsp3) is 0.318. The van der Waals surface area contributed by atoms with Crippen LogP contribution in [0.2, 0.25) is 0 Å². The van der Waals surface area contributed by atoms with Crippen LogP contribution in [-0.2, 0) is 7.05 Å². The molecule has 1 fully saturated rings. The van der Waals surface area contributed by atoms with E-state index in [1.165, 1.54) is 58.8 Å². The normalized spacial score (nSPS) is 16.2. The minimum Gasteiger partial charge on any atom is -0.450 e. The van der Waals surface area contributed by atoms with Crippen LogP contribution in [0, 0.1) is 6.92 Å². The molecule has 2 aromatic carbocycles. The van der Waals surface area contributed by atoms with Gasteiger partial charge < -0.3 is 4.74 Å². The van der Waals surface area contributed by atoms with Crippen LogP contribution in [0.4, 0.5) is 0 Å². The van der Waals surface area contributed by atoms with Gasteiger partial charge in [-0.05, 0) is 48.8 Å². The van der Waals surface area contributed by atoms with E-state index in [1.54, 1.807) is 0 Å². The van der Waals surface area contributed by atoms with Crippen LogP contribution in [0.25, 0.3) is 22.0 Å². The fourth-order valence-corrected chi connectivity index (χ4v) is 4.54. The lowest BCUT2D eigenvalue weighted by Crippen LogP contribution is -2.33. The highest BCUT2D eigenvalue weighted by Gasteiger charge is 2.31. The van der Waals surface area contributed by atoms with E-state index in [-0.39, 0.29) is 0 Å². The van der Waals surface area contributed by atoms with Gasteiger partial charge in [-0.15, -0.1) is 0 Å². The van der Waals surface area contributed by atoms with Crippen LogP contribution in [0.5, 0.6) is 11.5 Å². The third kappa shape index (κ3) is 1.92. The van der Waals surface area contributed by atoms with Gasteiger partial charge in [0.1, 0.15) is 12.8 Å². The molecule has 0 amide bonds. The molecule has 1 saturated carbocycles. The summed E-state index contributed by atoms with van der Waals surface area (Å²) in [4.78, 5) is 0. The van der Waals surface area contributed by atoms with E-state index < -0.39 is 0 Å². The predicted octanol–water partition coefficient (Wildman–Crippen LogP) is 5.40. The largest absolute Gasteiger partial charge is 0.450 e. The molecule has 2 heterocycles. The Morgan fingerprint density at radius 1 is 1.04 bits per heavy atom. The van der Waals surface area contributed by atoms with Crippen molar-refractivity contribution in [3.05, 3.63) is 53.7 Å². The molecule has 0 unspecified atom stereocenters. The van der Waals surface area contributed by atoms with Crippen molar-refractivity contribution >= 4 is 10.8 Å². The molecule has 1 aliphatic heterocycles. The van der Waals surface area contributed by atoms with Crippen molar-refractivity contribution in [3.63, 3.8) is 0 Å². The Bertz CT molecular complexity index is 967. The second-order valence-corrected chi connectivity index (χ2v) is 7.29. The predicted molar refractivity (Wildman–Crippen MR) is 96.6 cm³/mol. The lowest BCUT2D eigenvalue weighted by atomic mass is 9.92. The standard InChI is InChI=1S/C22H22NO/c1-14-10-11-16-8-5-9-18-21(16)20(14)22-19(24-18)12-17(13-23(22)2)15-6-3-4-7-15/h5,8-13,15H,3-4,6-7H2,1-2H3/q+1. The Hall–Kier alpha value is -2.35. The Kier molecular flexibility index (Phi) is 2.97. The first-order chi connectivity index (χ1) is 11.7. The minimum absolute atomic E-state index is 0.694. The molecule has 1 aromatic heterocycles. The zero-order chi connectivity index (χ0) is 16.3. The molecule has 3 aromatic rings. The molecule has 2 heteroatoms. The van der Waals surface area contributed by atoms with Crippen molar-refractivity contribution in [1.29, 1.82) is 0 Å². The molecule has 0 atom stereocenters. The monoisotopic (exact) mass is 316 g/mol. The van der Waals surface area contributed by atoms with E-state index >= 15 is 0 Å². The van der Waals surface area contributed by atoms with Crippen LogP contribution in [0.1, 0.15) is 42.7 Å².